The van der Waals surface area contributed by atoms with Crippen molar-refractivity contribution in [2.45, 2.75) is 70.9 Å². The molecule has 1 unspecified atom stereocenters. The fraction of sp³-hybridized carbons (Fsp3) is 0.621. The van der Waals surface area contributed by atoms with Crippen LogP contribution in [0.15, 0.2) is 29.9 Å². The van der Waals surface area contributed by atoms with E-state index >= 15 is 0 Å². The van der Waals surface area contributed by atoms with Gasteiger partial charge in [0.1, 0.15) is 29.2 Å². The summed E-state index contributed by atoms with van der Waals surface area (Å²) >= 11 is 0. The Morgan fingerprint density at radius 1 is 1.18 bits per heavy atom. The highest BCUT2D eigenvalue weighted by molar-refractivity contribution is 6.06. The third kappa shape index (κ3) is 4.14. The Kier molecular flexibility index (Phi) is 6.81. The van der Waals surface area contributed by atoms with Crippen LogP contribution in [0.4, 0.5) is 11.6 Å². The molecule has 0 aromatic carbocycles. The van der Waals surface area contributed by atoms with Gasteiger partial charge >= 0.3 is 0 Å². The molecule has 3 atom stereocenters. The summed E-state index contributed by atoms with van der Waals surface area (Å²) in [6.45, 7) is 10.4. The Balaban J connectivity index is 1.47. The molecule has 208 valence electrons. The van der Waals surface area contributed by atoms with E-state index in [1.807, 2.05) is 24.9 Å². The van der Waals surface area contributed by atoms with Crippen LogP contribution in [0, 0.1) is 16.7 Å². The quantitative estimate of drug-likeness (QED) is 0.350. The summed E-state index contributed by atoms with van der Waals surface area (Å²) in [6, 6.07) is 2.21. The first-order valence-electron chi connectivity index (χ1n) is 14.0. The highest BCUT2D eigenvalue weighted by Crippen LogP contribution is 2.55. The van der Waals surface area contributed by atoms with Crippen LogP contribution in [-0.2, 0) is 15.0 Å². The van der Waals surface area contributed by atoms with Gasteiger partial charge in [0, 0.05) is 63.3 Å². The van der Waals surface area contributed by atoms with Crippen LogP contribution in [0.5, 0.6) is 0 Å². The third-order valence-electron chi connectivity index (χ3n) is 9.40. The fourth-order valence-electron chi connectivity index (χ4n) is 6.79. The fourth-order valence-corrected chi connectivity index (χ4v) is 6.79. The van der Waals surface area contributed by atoms with Crippen molar-refractivity contribution in [2.24, 2.45) is 5.41 Å². The molecule has 3 fully saturated rings. The van der Waals surface area contributed by atoms with E-state index in [-0.39, 0.29) is 29.3 Å². The zero-order valence-electron chi connectivity index (χ0n) is 24.0. The summed E-state index contributed by atoms with van der Waals surface area (Å²) in [6.07, 6.45) is 9.17. The number of hydrogen-bond donors (Lipinski definition) is 1. The molecule has 2 saturated heterocycles. The minimum Gasteiger partial charge on any atom is -0.374 e. The zero-order chi connectivity index (χ0) is 28.1. The van der Waals surface area contributed by atoms with Gasteiger partial charge < -0.3 is 24.9 Å². The molecule has 4 aliphatic rings. The number of fused-ring (bicyclic) bond motifs is 2. The van der Waals surface area contributed by atoms with Gasteiger partial charge in [0.2, 0.25) is 11.8 Å². The number of hydrogen-bond acceptors (Lipinski definition) is 8. The summed E-state index contributed by atoms with van der Waals surface area (Å²) in [4.78, 5) is 44.3. The van der Waals surface area contributed by atoms with E-state index in [1.165, 1.54) is 5.56 Å². The molecule has 4 heterocycles. The van der Waals surface area contributed by atoms with Crippen LogP contribution in [0.3, 0.4) is 0 Å². The maximum Gasteiger partial charge on any atom is 0.238 e. The Bertz CT molecular complexity index is 1280. The van der Waals surface area contributed by atoms with Crippen molar-refractivity contribution in [3.63, 3.8) is 0 Å². The molecule has 39 heavy (non-hydrogen) atoms. The summed E-state index contributed by atoms with van der Waals surface area (Å²) in [7, 11) is 3.64. The molecule has 1 aliphatic carbocycles. The predicted molar refractivity (Wildman–Crippen MR) is 150 cm³/mol. The van der Waals surface area contributed by atoms with Gasteiger partial charge in [-0.05, 0) is 53.0 Å². The second-order valence-corrected chi connectivity index (χ2v) is 11.9. The molecule has 10 nitrogen and oxygen atoms in total. The van der Waals surface area contributed by atoms with Gasteiger partial charge in [0.25, 0.3) is 0 Å². The van der Waals surface area contributed by atoms with Crippen molar-refractivity contribution in [3.8, 4) is 6.07 Å². The van der Waals surface area contributed by atoms with E-state index in [2.05, 4.69) is 35.0 Å². The number of rotatable bonds is 5. The van der Waals surface area contributed by atoms with Crippen LogP contribution >= 0.6 is 0 Å². The molecule has 0 bridgehead atoms. The Labute approximate surface area is 231 Å². The van der Waals surface area contributed by atoms with Crippen molar-refractivity contribution in [3.05, 3.63) is 35.4 Å². The first-order chi connectivity index (χ1) is 18.6. The van der Waals surface area contributed by atoms with Gasteiger partial charge in [-0.15, -0.1) is 0 Å². The molecule has 1 aromatic rings. The van der Waals surface area contributed by atoms with Crippen molar-refractivity contribution in [2.75, 3.05) is 50.1 Å². The standard InChI is InChI=1S/C29H40N8O2/c1-7-21(14-30)13-22(31-5)37-17-29(9-8-10-29)23-24(32-18-33-25(23)37)35-15-20(3)36(16-19(35)2)27(39)28(4)11-12-34(6)26(28)38/h7,13,18-20,31H,8-12,15-17H2,1-6H3/b21-7+,22-13+/t19-,20+,28?/m0/s1. The smallest absolute Gasteiger partial charge is 0.238 e. The lowest BCUT2D eigenvalue weighted by molar-refractivity contribution is -0.152. The molecule has 1 aromatic heterocycles. The first kappa shape index (κ1) is 27.0. The number of nitriles is 1. The first-order valence-corrected chi connectivity index (χ1v) is 14.0. The monoisotopic (exact) mass is 532 g/mol. The molecule has 1 spiro atoms. The van der Waals surface area contributed by atoms with Gasteiger partial charge in [-0.25, -0.2) is 9.97 Å². The van der Waals surface area contributed by atoms with Crippen molar-refractivity contribution in [1.29, 1.82) is 5.26 Å². The molecule has 0 radical (unpaired) electrons. The van der Waals surface area contributed by atoms with Gasteiger partial charge in [-0.3, -0.25) is 9.59 Å². The van der Waals surface area contributed by atoms with Crippen LogP contribution in [0.2, 0.25) is 0 Å². The number of allylic oxidation sites excluding steroid dienone is 3. The summed E-state index contributed by atoms with van der Waals surface area (Å²) in [5.74, 6) is 2.53. The van der Waals surface area contributed by atoms with Gasteiger partial charge in [-0.2, -0.15) is 5.26 Å². The second-order valence-electron chi connectivity index (χ2n) is 11.9. The highest BCUT2D eigenvalue weighted by atomic mass is 16.2. The number of amides is 2. The highest BCUT2D eigenvalue weighted by Gasteiger charge is 2.53. The van der Waals surface area contributed by atoms with E-state index in [1.54, 1.807) is 31.3 Å². The van der Waals surface area contributed by atoms with Gasteiger partial charge in [0.05, 0.1) is 11.6 Å². The maximum absolute atomic E-state index is 13.7. The lowest BCUT2D eigenvalue weighted by atomic mass is 9.66. The largest absolute Gasteiger partial charge is 0.374 e. The number of carbonyl (C=O) groups excluding carboxylic acids is 2. The Morgan fingerprint density at radius 2 is 1.90 bits per heavy atom. The van der Waals surface area contributed by atoms with E-state index < -0.39 is 5.41 Å². The van der Waals surface area contributed by atoms with Crippen LogP contribution in [-0.4, -0.2) is 83.9 Å². The zero-order valence-corrected chi connectivity index (χ0v) is 24.0. The van der Waals surface area contributed by atoms with Crippen molar-refractivity contribution >= 4 is 23.5 Å². The predicted octanol–water partition coefficient (Wildman–Crippen LogP) is 2.54. The van der Waals surface area contributed by atoms with E-state index in [0.29, 0.717) is 31.6 Å². The number of piperazine rings is 1. The summed E-state index contributed by atoms with van der Waals surface area (Å²) in [5, 5.41) is 12.8. The molecular weight excluding hydrogens is 492 g/mol. The molecule has 1 saturated carbocycles. The number of aromatic nitrogens is 2. The molecular formula is C29H40N8O2. The summed E-state index contributed by atoms with van der Waals surface area (Å²) < 4.78 is 0. The number of anilines is 2. The van der Waals surface area contributed by atoms with Gasteiger partial charge in [0.15, 0.2) is 0 Å². The Hall–Kier alpha value is -3.61. The minimum absolute atomic E-state index is 0.0284. The molecule has 5 rings (SSSR count). The van der Waals surface area contributed by atoms with E-state index in [9.17, 15) is 14.9 Å². The Morgan fingerprint density at radius 3 is 2.46 bits per heavy atom. The molecule has 3 aliphatic heterocycles. The SMILES string of the molecule is C/C=C(C#N)\C=C(/NC)N1CC2(CCC2)c2c1ncnc2N1C[C@@H](C)N(C(=O)C2(C)CCN(C)C2=O)C[C@@H]1C. The maximum atomic E-state index is 13.7. The lowest BCUT2D eigenvalue weighted by Gasteiger charge is -2.48. The van der Waals surface area contributed by atoms with Crippen LogP contribution in [0.25, 0.3) is 0 Å². The lowest BCUT2D eigenvalue weighted by Crippen LogP contribution is -2.61. The topological polar surface area (TPSA) is 109 Å². The van der Waals surface area contributed by atoms with Crippen LogP contribution in [0.1, 0.15) is 58.9 Å². The normalized spacial score (nSPS) is 28.5. The minimum atomic E-state index is -0.983. The summed E-state index contributed by atoms with van der Waals surface area (Å²) in [5.41, 5.74) is 0.751. The second kappa shape index (κ2) is 9.85. The van der Waals surface area contributed by atoms with Crippen LogP contribution < -0.4 is 15.1 Å². The van der Waals surface area contributed by atoms with Crippen molar-refractivity contribution in [1.82, 2.24) is 25.1 Å². The van der Waals surface area contributed by atoms with E-state index in [0.717, 1.165) is 43.3 Å². The molecule has 2 amide bonds. The number of nitrogens with zero attached hydrogens (tertiary/aromatic N) is 7. The average Bonchev–Trinajstić information content (AvgIpc) is 3.41. The number of nitrogens with one attached hydrogen (secondary N) is 1. The third-order valence-corrected chi connectivity index (χ3v) is 9.40. The number of likely N-dealkylation sites (tertiary alicyclic amines) is 1. The van der Waals surface area contributed by atoms with Crippen molar-refractivity contribution < 1.29 is 9.59 Å². The van der Waals surface area contributed by atoms with Gasteiger partial charge in [-0.1, -0.05) is 12.5 Å². The average molecular weight is 533 g/mol. The van der Waals surface area contributed by atoms with E-state index in [4.69, 9.17) is 9.97 Å². The molecule has 1 N–H and O–H groups in total. The molecule has 10 heteroatoms. The number of carbonyl (C=O) groups is 2.